The smallest absolute Gasteiger partial charge is 0.303 e. The van der Waals surface area contributed by atoms with Gasteiger partial charge in [-0.25, -0.2) is 0 Å². The van der Waals surface area contributed by atoms with Crippen LogP contribution in [0.1, 0.15) is 226 Å². The lowest BCUT2D eigenvalue weighted by molar-refractivity contribution is -0.137. The summed E-state index contributed by atoms with van der Waals surface area (Å²) in [6.07, 6.45) is 44.3. The van der Waals surface area contributed by atoms with E-state index in [1.54, 1.807) is 0 Å². The summed E-state index contributed by atoms with van der Waals surface area (Å²) in [5.41, 5.74) is 0. The molecule has 0 rings (SSSR count). The van der Waals surface area contributed by atoms with Gasteiger partial charge in [-0.1, -0.05) is 200 Å². The molecule has 0 aromatic heterocycles. The first-order valence-corrected chi connectivity index (χ1v) is 18.3. The van der Waals surface area contributed by atoms with E-state index in [-0.39, 0.29) is 0 Å². The summed E-state index contributed by atoms with van der Waals surface area (Å²) in [4.78, 5) is 20.5. The van der Waals surface area contributed by atoms with Crippen LogP contribution in [0.5, 0.6) is 0 Å². The van der Waals surface area contributed by atoms with Gasteiger partial charge in [-0.3, -0.25) is 4.79 Å². The van der Waals surface area contributed by atoms with E-state index in [0.29, 0.717) is 6.42 Å². The average Bonchev–Trinajstić information content (AvgIpc) is 2.95. The van der Waals surface area contributed by atoms with E-state index < -0.39 is 5.97 Å². The van der Waals surface area contributed by atoms with Gasteiger partial charge in [-0.2, -0.15) is 0 Å². The zero-order valence-corrected chi connectivity index (χ0v) is 27.7. The van der Waals surface area contributed by atoms with Crippen LogP contribution in [-0.4, -0.2) is 17.4 Å². The van der Waals surface area contributed by atoms with Crippen LogP contribution < -0.4 is 0 Å². The Morgan fingerprint density at radius 1 is 0.400 bits per heavy atom. The summed E-state index contributed by atoms with van der Waals surface area (Å²) in [5.74, 6) is -0.652. The maximum absolute atomic E-state index is 10.3. The van der Waals surface area contributed by atoms with Crippen molar-refractivity contribution in [3.63, 3.8) is 0 Å². The molecule has 3 heteroatoms. The molecule has 0 amide bonds. The minimum atomic E-state index is -0.652. The van der Waals surface area contributed by atoms with Crippen molar-refractivity contribution in [3.05, 3.63) is 0 Å². The van der Waals surface area contributed by atoms with Crippen molar-refractivity contribution in [1.82, 2.24) is 0 Å². The zero-order chi connectivity index (χ0) is 29.6. The molecule has 0 atom stereocenters. The number of rotatable bonds is 33. The Morgan fingerprint density at radius 3 is 0.850 bits per heavy atom. The standard InChI is InChI=1S/C19H38O2.C18H36O/c1-2-3-4-5-6-7-8-9-10-11-12-13-14-15-16-17-18-19(20)21;1-2-3-4-5-6-7-8-9-10-11-12-13-14-15-16-17-18-19/h2-18H2,1H3,(H,20,21);18H,2-17H2,1H3. The molecule has 0 fully saturated rings. The van der Waals surface area contributed by atoms with Gasteiger partial charge in [0.25, 0.3) is 0 Å². The Labute approximate surface area is 252 Å². The third-order valence-corrected chi connectivity index (χ3v) is 8.17. The van der Waals surface area contributed by atoms with E-state index >= 15 is 0 Å². The molecule has 0 aliphatic heterocycles. The molecule has 3 nitrogen and oxygen atoms in total. The van der Waals surface area contributed by atoms with E-state index in [1.807, 2.05) is 0 Å². The Balaban J connectivity index is 0. The van der Waals surface area contributed by atoms with Crippen LogP contribution in [-0.2, 0) is 9.59 Å². The van der Waals surface area contributed by atoms with E-state index in [2.05, 4.69) is 13.8 Å². The highest BCUT2D eigenvalue weighted by molar-refractivity contribution is 5.66. The van der Waals surface area contributed by atoms with Gasteiger partial charge in [0.2, 0.25) is 0 Å². The molecule has 240 valence electrons. The molecule has 0 radical (unpaired) electrons. The molecule has 0 unspecified atom stereocenters. The molecule has 0 aliphatic rings. The summed E-state index contributed by atoms with van der Waals surface area (Å²) in [6, 6.07) is 0. The van der Waals surface area contributed by atoms with E-state index in [4.69, 9.17) is 5.11 Å². The number of aliphatic carboxylic acids is 1. The third-order valence-electron chi connectivity index (χ3n) is 8.17. The van der Waals surface area contributed by atoms with Crippen molar-refractivity contribution in [2.75, 3.05) is 0 Å². The molecule has 0 spiro atoms. The molecule has 0 saturated carbocycles. The molecule has 0 bridgehead atoms. The summed E-state index contributed by atoms with van der Waals surface area (Å²) >= 11 is 0. The first-order chi connectivity index (χ1) is 19.7. The quantitative estimate of drug-likeness (QED) is 0.0634. The number of carbonyl (C=O) groups is 2. The van der Waals surface area contributed by atoms with Gasteiger partial charge >= 0.3 is 5.97 Å². The number of hydrogen-bond acceptors (Lipinski definition) is 2. The minimum absolute atomic E-state index is 0.346. The molecular formula is C37H74O3. The first-order valence-electron chi connectivity index (χ1n) is 18.3. The fraction of sp³-hybridized carbons (Fsp3) is 0.946. The maximum Gasteiger partial charge on any atom is 0.303 e. The molecule has 40 heavy (non-hydrogen) atoms. The van der Waals surface area contributed by atoms with Crippen LogP contribution >= 0.6 is 0 Å². The second-order valence-electron chi connectivity index (χ2n) is 12.4. The molecule has 0 heterocycles. The minimum Gasteiger partial charge on any atom is -0.481 e. The zero-order valence-electron chi connectivity index (χ0n) is 27.7. The normalized spacial score (nSPS) is 10.8. The molecule has 0 aliphatic carbocycles. The van der Waals surface area contributed by atoms with Crippen molar-refractivity contribution in [2.24, 2.45) is 0 Å². The van der Waals surface area contributed by atoms with Crippen molar-refractivity contribution >= 4 is 12.3 Å². The Kier molecular flexibility index (Phi) is 41.6. The number of carbonyl (C=O) groups excluding carboxylic acids is 1. The van der Waals surface area contributed by atoms with Gasteiger partial charge in [-0.15, -0.1) is 0 Å². The summed E-state index contributed by atoms with van der Waals surface area (Å²) in [5, 5.41) is 8.53. The van der Waals surface area contributed by atoms with Crippen LogP contribution in [0.25, 0.3) is 0 Å². The molecule has 0 aromatic carbocycles. The molecular weight excluding hydrogens is 492 g/mol. The topological polar surface area (TPSA) is 54.4 Å². The largest absolute Gasteiger partial charge is 0.481 e. The molecule has 0 saturated heterocycles. The SMILES string of the molecule is CCCCCCCCCCCCCCCCCC=O.CCCCCCCCCCCCCCCCCCC(=O)O. The second kappa shape index (κ2) is 40.3. The van der Waals surface area contributed by atoms with Crippen LogP contribution in [0.4, 0.5) is 0 Å². The van der Waals surface area contributed by atoms with E-state index in [9.17, 15) is 9.59 Å². The monoisotopic (exact) mass is 567 g/mol. The van der Waals surface area contributed by atoms with Crippen molar-refractivity contribution < 1.29 is 14.7 Å². The molecule has 1 N–H and O–H groups in total. The Morgan fingerprint density at radius 2 is 0.625 bits per heavy atom. The van der Waals surface area contributed by atoms with E-state index in [0.717, 1.165) is 32.0 Å². The fourth-order valence-electron chi connectivity index (χ4n) is 5.42. The van der Waals surface area contributed by atoms with Gasteiger partial charge in [0.05, 0.1) is 0 Å². The highest BCUT2D eigenvalue weighted by atomic mass is 16.4. The second-order valence-corrected chi connectivity index (χ2v) is 12.4. The fourth-order valence-corrected chi connectivity index (χ4v) is 5.42. The number of carboxylic acids is 1. The van der Waals surface area contributed by atoms with Gasteiger partial charge < -0.3 is 9.90 Å². The Bertz CT molecular complexity index is 462. The van der Waals surface area contributed by atoms with E-state index in [1.165, 1.54) is 180 Å². The predicted molar refractivity (Wildman–Crippen MR) is 177 cm³/mol. The van der Waals surface area contributed by atoms with Gasteiger partial charge in [0, 0.05) is 12.8 Å². The van der Waals surface area contributed by atoms with Gasteiger partial charge in [0.15, 0.2) is 0 Å². The van der Waals surface area contributed by atoms with Crippen molar-refractivity contribution in [3.8, 4) is 0 Å². The predicted octanol–water partition coefficient (Wildman–Crippen LogP) is 13.2. The number of aldehydes is 1. The first kappa shape index (κ1) is 41.3. The maximum atomic E-state index is 10.3. The number of carboxylic acid groups (broad SMARTS) is 1. The highest BCUT2D eigenvalue weighted by Crippen LogP contribution is 2.15. The van der Waals surface area contributed by atoms with Crippen molar-refractivity contribution in [1.29, 1.82) is 0 Å². The summed E-state index contributed by atoms with van der Waals surface area (Å²) in [7, 11) is 0. The summed E-state index contributed by atoms with van der Waals surface area (Å²) in [6.45, 7) is 4.55. The van der Waals surface area contributed by atoms with Crippen LogP contribution in [0.3, 0.4) is 0 Å². The van der Waals surface area contributed by atoms with Gasteiger partial charge in [0.1, 0.15) is 6.29 Å². The lowest BCUT2D eigenvalue weighted by Gasteiger charge is -2.03. The number of hydrogen-bond donors (Lipinski definition) is 1. The molecule has 0 aromatic rings. The van der Waals surface area contributed by atoms with Gasteiger partial charge in [-0.05, 0) is 12.8 Å². The third kappa shape index (κ3) is 44.2. The highest BCUT2D eigenvalue weighted by Gasteiger charge is 1.97. The lowest BCUT2D eigenvalue weighted by atomic mass is 10.0. The van der Waals surface area contributed by atoms with Crippen LogP contribution in [0.15, 0.2) is 0 Å². The number of unbranched alkanes of at least 4 members (excludes halogenated alkanes) is 30. The summed E-state index contributed by atoms with van der Waals surface area (Å²) < 4.78 is 0. The Hall–Kier alpha value is -0.860. The lowest BCUT2D eigenvalue weighted by Crippen LogP contribution is -1.93. The van der Waals surface area contributed by atoms with Crippen LogP contribution in [0, 0.1) is 0 Å². The average molecular weight is 567 g/mol. The van der Waals surface area contributed by atoms with Crippen molar-refractivity contribution in [2.45, 2.75) is 226 Å². The van der Waals surface area contributed by atoms with Crippen LogP contribution in [0.2, 0.25) is 0 Å².